The molecule has 0 aliphatic carbocycles. The summed E-state index contributed by atoms with van der Waals surface area (Å²) in [4.78, 5) is 3.75. The van der Waals surface area contributed by atoms with E-state index in [2.05, 4.69) is 4.99 Å². The highest BCUT2D eigenvalue weighted by Gasteiger charge is 2.03. The lowest BCUT2D eigenvalue weighted by molar-refractivity contribution is 0.921. The molecular weight excluding hydrogens is 102 g/mol. The molecule has 3 nitrogen and oxygen atoms in total. The van der Waals surface area contributed by atoms with Crippen molar-refractivity contribution in [1.82, 2.24) is 0 Å². The second kappa shape index (κ2) is 1.88. The lowest BCUT2D eigenvalue weighted by Gasteiger charge is -2.05. The molecular formula is C5H7N3. The van der Waals surface area contributed by atoms with Gasteiger partial charge in [-0.15, -0.1) is 0 Å². The van der Waals surface area contributed by atoms with Crippen molar-refractivity contribution in [3.05, 3.63) is 12.2 Å². The van der Waals surface area contributed by atoms with Crippen LogP contribution < -0.4 is 5.73 Å². The Labute approximate surface area is 47.4 Å². The van der Waals surface area contributed by atoms with Crippen LogP contribution in [-0.2, 0) is 0 Å². The van der Waals surface area contributed by atoms with E-state index in [4.69, 9.17) is 11.1 Å². The van der Waals surface area contributed by atoms with E-state index < -0.39 is 6.17 Å². The molecule has 0 saturated heterocycles. The van der Waals surface area contributed by atoms with E-state index in [9.17, 15) is 0 Å². The smallest absolute Gasteiger partial charge is 0.139 e. The van der Waals surface area contributed by atoms with Gasteiger partial charge in [0.05, 0.1) is 5.71 Å². The number of hydrogen-bond donors (Lipinski definition) is 2. The molecule has 1 heterocycles. The molecule has 1 atom stereocenters. The molecule has 0 aromatic rings. The van der Waals surface area contributed by atoms with Crippen molar-refractivity contribution in [2.45, 2.75) is 6.17 Å². The van der Waals surface area contributed by atoms with Gasteiger partial charge in [-0.1, -0.05) is 0 Å². The molecule has 0 radical (unpaired) electrons. The van der Waals surface area contributed by atoms with E-state index in [0.29, 0.717) is 5.71 Å². The molecule has 0 aromatic carbocycles. The first-order valence-electron chi connectivity index (χ1n) is 2.34. The highest BCUT2D eigenvalue weighted by Crippen LogP contribution is 1.90. The fourth-order valence-corrected chi connectivity index (χ4v) is 0.468. The molecule has 0 spiro atoms. The Balaban J connectivity index is 2.74. The monoisotopic (exact) mass is 109 g/mol. The number of nitrogens with two attached hydrogens (primary N) is 1. The minimum Gasteiger partial charge on any atom is -0.305 e. The zero-order chi connectivity index (χ0) is 5.98. The minimum atomic E-state index is -0.431. The Morgan fingerprint density at radius 1 is 1.75 bits per heavy atom. The molecule has 42 valence electrons. The quantitative estimate of drug-likeness (QED) is 0.449. The van der Waals surface area contributed by atoms with Gasteiger partial charge in [0.15, 0.2) is 0 Å². The minimum absolute atomic E-state index is 0.368. The largest absolute Gasteiger partial charge is 0.305 e. The molecule has 3 heteroatoms. The summed E-state index contributed by atoms with van der Waals surface area (Å²) in [7, 11) is 0. The summed E-state index contributed by atoms with van der Waals surface area (Å²) in [6, 6.07) is 0. The molecule has 1 rings (SSSR count). The van der Waals surface area contributed by atoms with Gasteiger partial charge in [-0.05, 0) is 12.2 Å². The Morgan fingerprint density at radius 2 is 2.50 bits per heavy atom. The van der Waals surface area contributed by atoms with Gasteiger partial charge in [-0.25, -0.2) is 0 Å². The lowest BCUT2D eigenvalue weighted by Crippen LogP contribution is -2.27. The third-order valence-electron chi connectivity index (χ3n) is 0.927. The number of aliphatic imine (C=N–C) groups is 1. The fraction of sp³-hybridized carbons (Fsp3) is 0.200. The van der Waals surface area contributed by atoms with Crippen LogP contribution in [0.15, 0.2) is 17.1 Å². The predicted molar refractivity (Wildman–Crippen MR) is 33.3 cm³/mol. The molecule has 1 unspecified atom stereocenters. The number of nitrogens with zero attached hydrogens (tertiary/aromatic N) is 1. The van der Waals surface area contributed by atoms with Crippen molar-refractivity contribution in [2.75, 3.05) is 0 Å². The zero-order valence-electron chi connectivity index (χ0n) is 4.33. The average molecular weight is 109 g/mol. The highest BCUT2D eigenvalue weighted by molar-refractivity contribution is 6.02. The van der Waals surface area contributed by atoms with E-state index in [1.807, 2.05) is 0 Å². The van der Waals surface area contributed by atoms with E-state index in [1.54, 1.807) is 18.4 Å². The van der Waals surface area contributed by atoms with Gasteiger partial charge in [0.1, 0.15) is 6.17 Å². The summed E-state index contributed by atoms with van der Waals surface area (Å²) in [5, 5.41) is 7.07. The van der Waals surface area contributed by atoms with Crippen LogP contribution in [-0.4, -0.2) is 18.1 Å². The first-order valence-corrected chi connectivity index (χ1v) is 2.34. The van der Waals surface area contributed by atoms with E-state index in [1.165, 1.54) is 0 Å². The van der Waals surface area contributed by atoms with Gasteiger partial charge < -0.3 is 11.1 Å². The average Bonchev–Trinajstić information content (AvgIpc) is 1.77. The molecule has 0 bridgehead atoms. The summed E-state index contributed by atoms with van der Waals surface area (Å²) < 4.78 is 0. The molecule has 1 aliphatic heterocycles. The van der Waals surface area contributed by atoms with Crippen LogP contribution in [0.4, 0.5) is 0 Å². The Bertz CT molecular complexity index is 157. The van der Waals surface area contributed by atoms with Crippen LogP contribution in [0, 0.1) is 5.41 Å². The maximum atomic E-state index is 7.07. The van der Waals surface area contributed by atoms with Crippen LogP contribution in [0.3, 0.4) is 0 Å². The number of rotatable bonds is 0. The third kappa shape index (κ3) is 0.816. The van der Waals surface area contributed by atoms with Gasteiger partial charge >= 0.3 is 0 Å². The number of hydrogen-bond acceptors (Lipinski definition) is 3. The molecule has 0 amide bonds. The Morgan fingerprint density at radius 3 is 2.88 bits per heavy atom. The van der Waals surface area contributed by atoms with E-state index in [0.717, 1.165) is 0 Å². The third-order valence-corrected chi connectivity index (χ3v) is 0.927. The number of nitrogens with one attached hydrogen (secondary N) is 1. The van der Waals surface area contributed by atoms with Gasteiger partial charge in [0.2, 0.25) is 0 Å². The predicted octanol–water partition coefficient (Wildman–Crippen LogP) is -0.0684. The lowest BCUT2D eigenvalue weighted by atomic mass is 10.2. The summed E-state index contributed by atoms with van der Waals surface area (Å²) in [6.45, 7) is 0. The summed E-state index contributed by atoms with van der Waals surface area (Å²) in [5.41, 5.74) is 5.67. The Hall–Kier alpha value is -0.960. The topological polar surface area (TPSA) is 62.2 Å². The Kier molecular flexibility index (Phi) is 1.22. The van der Waals surface area contributed by atoms with Crippen LogP contribution in [0.1, 0.15) is 0 Å². The van der Waals surface area contributed by atoms with Crippen LogP contribution in [0.25, 0.3) is 0 Å². The maximum absolute atomic E-state index is 7.07. The zero-order valence-corrected chi connectivity index (χ0v) is 4.33. The highest BCUT2D eigenvalue weighted by atomic mass is 14.9. The van der Waals surface area contributed by atoms with Crippen molar-refractivity contribution >= 4 is 11.9 Å². The van der Waals surface area contributed by atoms with Crippen LogP contribution >= 0.6 is 0 Å². The second-order valence-corrected chi connectivity index (χ2v) is 1.56. The van der Waals surface area contributed by atoms with Crippen molar-refractivity contribution in [3.8, 4) is 0 Å². The van der Waals surface area contributed by atoms with Gasteiger partial charge in [-0.3, -0.25) is 4.99 Å². The number of allylic oxidation sites excluding steroid dienone is 1. The van der Waals surface area contributed by atoms with E-state index >= 15 is 0 Å². The van der Waals surface area contributed by atoms with Gasteiger partial charge in [0.25, 0.3) is 0 Å². The molecule has 1 aliphatic rings. The summed E-state index contributed by atoms with van der Waals surface area (Å²) in [6.07, 6.45) is 4.51. The fourth-order valence-electron chi connectivity index (χ4n) is 0.468. The molecule has 0 saturated carbocycles. The van der Waals surface area contributed by atoms with Crippen LogP contribution in [0.5, 0.6) is 0 Å². The SMILES string of the molecule is N=C1C=CC=NC1N. The summed E-state index contributed by atoms with van der Waals surface area (Å²) >= 11 is 0. The molecule has 0 aromatic heterocycles. The first kappa shape index (κ1) is 5.18. The standard InChI is InChI=1S/C5H7N3/c6-4-2-1-3-8-5(4)7/h1-3,5-6H,7H2. The van der Waals surface area contributed by atoms with E-state index in [-0.39, 0.29) is 0 Å². The first-order chi connectivity index (χ1) is 3.80. The summed E-state index contributed by atoms with van der Waals surface area (Å²) in [5.74, 6) is 0. The molecule has 8 heavy (non-hydrogen) atoms. The van der Waals surface area contributed by atoms with Crippen LogP contribution in [0.2, 0.25) is 0 Å². The number of dihydropyridines is 1. The van der Waals surface area contributed by atoms with Gasteiger partial charge in [0, 0.05) is 6.21 Å². The molecule has 3 N–H and O–H groups in total. The molecule has 0 fully saturated rings. The second-order valence-electron chi connectivity index (χ2n) is 1.56. The van der Waals surface area contributed by atoms with Gasteiger partial charge in [-0.2, -0.15) is 0 Å². The van der Waals surface area contributed by atoms with Crippen molar-refractivity contribution in [3.63, 3.8) is 0 Å². The normalized spacial score (nSPS) is 26.6. The van der Waals surface area contributed by atoms with Crippen molar-refractivity contribution < 1.29 is 0 Å². The van der Waals surface area contributed by atoms with Crippen molar-refractivity contribution in [2.24, 2.45) is 10.7 Å². The van der Waals surface area contributed by atoms with Crippen molar-refractivity contribution in [1.29, 1.82) is 5.41 Å². The maximum Gasteiger partial charge on any atom is 0.139 e.